The Hall–Kier alpha value is -3.27. The van der Waals surface area contributed by atoms with Crippen molar-refractivity contribution in [2.75, 3.05) is 5.32 Å². The monoisotopic (exact) mass is 625 g/mol. The number of rotatable bonds is 9. The Balaban J connectivity index is 1.07. The number of carboxylic acids is 1. The molecule has 1 aromatic heterocycles. The molecule has 4 fully saturated rings. The second-order valence-electron chi connectivity index (χ2n) is 12.3. The van der Waals surface area contributed by atoms with Gasteiger partial charge in [-0.1, -0.05) is 34.4 Å². The third-order valence-electron chi connectivity index (χ3n) is 9.14. The normalized spacial score (nSPS) is 25.5. The number of hydrogen-bond donors (Lipinski definition) is 2. The minimum Gasteiger partial charge on any atom is -0.489 e. The van der Waals surface area contributed by atoms with E-state index in [1.54, 1.807) is 24.3 Å². The molecule has 11 heteroatoms. The minimum atomic E-state index is -1.05. The van der Waals surface area contributed by atoms with E-state index in [1.165, 1.54) is 12.1 Å². The number of hydrogen-bond acceptors (Lipinski definition) is 6. The highest BCUT2D eigenvalue weighted by Gasteiger charge is 2.64. The van der Waals surface area contributed by atoms with Crippen molar-refractivity contribution in [2.45, 2.75) is 82.8 Å². The van der Waals surface area contributed by atoms with Gasteiger partial charge >= 0.3 is 12.0 Å². The number of urea groups is 1. The number of amides is 2. The average Bonchev–Trinajstić information content (AvgIpc) is 3.85. The molecule has 2 aromatic carbocycles. The molecule has 0 spiro atoms. The van der Waals surface area contributed by atoms with Gasteiger partial charge in [0.1, 0.15) is 17.2 Å². The number of anilines is 1. The maximum absolute atomic E-state index is 13.6. The van der Waals surface area contributed by atoms with Crippen LogP contribution < -0.4 is 10.1 Å². The lowest BCUT2D eigenvalue weighted by Gasteiger charge is -2.34. The van der Waals surface area contributed by atoms with Gasteiger partial charge in [-0.2, -0.15) is 0 Å². The fraction of sp³-hybridized carbons (Fsp3) is 0.469. The molecular weight excluding hydrogens is 593 g/mol. The van der Waals surface area contributed by atoms with E-state index in [1.807, 2.05) is 18.7 Å². The summed E-state index contributed by atoms with van der Waals surface area (Å²) in [5.41, 5.74) is 2.76. The number of fused-ring (bicyclic) bond motifs is 4. The van der Waals surface area contributed by atoms with Crippen LogP contribution in [0.3, 0.4) is 0 Å². The molecule has 2 amide bonds. The molecule has 0 radical (unpaired) electrons. The van der Waals surface area contributed by atoms with Gasteiger partial charge in [0.2, 0.25) is 0 Å². The number of carbonyl (C=O) groups is 2. The summed E-state index contributed by atoms with van der Waals surface area (Å²) < 4.78 is 18.2. The van der Waals surface area contributed by atoms with Crippen LogP contribution in [0, 0.1) is 11.8 Å². The lowest BCUT2D eigenvalue weighted by Crippen LogP contribution is -2.47. The standard InChI is InChI=1S/C32H33Cl2N3O6/c1-15(2)42-25-12-17(31(38)39)8-10-23(25)35-32(40)37-18-9-11-24(37)26-19(13-18)30(26)41-14-20-28(36-43-29(20)16-6-7-16)27-21(33)4-3-5-22(27)34/h3-5,8,10,12,15-16,18-19,24,26,30H,6-7,9,11,13-14H2,1-2H3,(H,35,40)(H,38,39)/t18?,19?,24?,26?,30-/m0/s1. The zero-order chi connectivity index (χ0) is 30.0. The van der Waals surface area contributed by atoms with Crippen LogP contribution >= 0.6 is 23.2 Å². The van der Waals surface area contributed by atoms with Crippen molar-refractivity contribution in [1.29, 1.82) is 0 Å². The molecule has 3 heterocycles. The molecule has 2 aliphatic heterocycles. The number of ether oxygens (including phenoxy) is 2. The average molecular weight is 627 g/mol. The molecule has 7 rings (SSSR count). The summed E-state index contributed by atoms with van der Waals surface area (Å²) in [6.45, 7) is 4.06. The number of nitrogens with zero attached hydrogens (tertiary/aromatic N) is 2. The minimum absolute atomic E-state index is 0.0387. The number of halogens is 2. The predicted molar refractivity (Wildman–Crippen MR) is 161 cm³/mol. The molecule has 2 N–H and O–H groups in total. The van der Waals surface area contributed by atoms with Crippen LogP contribution in [0.1, 0.15) is 73.6 Å². The molecule has 4 aliphatic rings. The molecular formula is C32H33Cl2N3O6. The Bertz CT molecular complexity index is 1570. The molecule has 2 bridgehead atoms. The van der Waals surface area contributed by atoms with E-state index in [-0.39, 0.29) is 41.8 Å². The highest BCUT2D eigenvalue weighted by Crippen LogP contribution is 2.58. The van der Waals surface area contributed by atoms with Crippen LogP contribution in [0.15, 0.2) is 40.9 Å². The molecule has 5 atom stereocenters. The molecule has 4 unspecified atom stereocenters. The van der Waals surface area contributed by atoms with Crippen molar-refractivity contribution < 1.29 is 28.7 Å². The Morgan fingerprint density at radius 2 is 1.91 bits per heavy atom. The summed E-state index contributed by atoms with van der Waals surface area (Å²) in [7, 11) is 0. The number of nitrogens with one attached hydrogen (secondary N) is 1. The van der Waals surface area contributed by atoms with Crippen molar-refractivity contribution >= 4 is 40.9 Å². The van der Waals surface area contributed by atoms with Crippen molar-refractivity contribution in [3.8, 4) is 17.0 Å². The van der Waals surface area contributed by atoms with Crippen LogP contribution in [-0.4, -0.2) is 51.5 Å². The second-order valence-corrected chi connectivity index (χ2v) is 13.1. The maximum Gasteiger partial charge on any atom is 0.335 e. The van der Waals surface area contributed by atoms with Crippen LogP contribution in [0.4, 0.5) is 10.5 Å². The van der Waals surface area contributed by atoms with Crippen molar-refractivity contribution in [3.63, 3.8) is 0 Å². The molecule has 2 saturated carbocycles. The van der Waals surface area contributed by atoms with Crippen molar-refractivity contribution in [3.05, 3.63) is 63.3 Å². The van der Waals surface area contributed by atoms with E-state index in [4.69, 9.17) is 37.2 Å². The number of carboxylic acid groups (broad SMARTS) is 1. The van der Waals surface area contributed by atoms with Gasteiger partial charge in [-0.3, -0.25) is 0 Å². The highest BCUT2D eigenvalue weighted by atomic mass is 35.5. The Morgan fingerprint density at radius 1 is 1.14 bits per heavy atom. The van der Waals surface area contributed by atoms with Crippen molar-refractivity contribution in [2.24, 2.45) is 11.8 Å². The number of piperidine rings is 1. The van der Waals surface area contributed by atoms with Gasteiger partial charge in [0.05, 0.1) is 40.1 Å². The van der Waals surface area contributed by atoms with E-state index in [2.05, 4.69) is 10.5 Å². The number of aromatic carboxylic acids is 1. The van der Waals surface area contributed by atoms with Crippen molar-refractivity contribution in [1.82, 2.24) is 10.1 Å². The maximum atomic E-state index is 13.6. The summed E-state index contributed by atoms with van der Waals surface area (Å²) in [4.78, 5) is 27.1. The predicted octanol–water partition coefficient (Wildman–Crippen LogP) is 7.61. The Morgan fingerprint density at radius 3 is 2.60 bits per heavy atom. The molecule has 226 valence electrons. The quantitative estimate of drug-likeness (QED) is 0.251. The molecule has 9 nitrogen and oxygen atoms in total. The van der Waals surface area contributed by atoms with Gasteiger partial charge < -0.3 is 29.3 Å². The van der Waals surface area contributed by atoms with Gasteiger partial charge in [0.15, 0.2) is 0 Å². The van der Waals surface area contributed by atoms with Crippen LogP contribution in [-0.2, 0) is 11.3 Å². The molecule has 2 saturated heterocycles. The fourth-order valence-corrected chi connectivity index (χ4v) is 7.64. The number of carbonyl (C=O) groups excluding carboxylic acids is 1. The summed E-state index contributed by atoms with van der Waals surface area (Å²) in [6, 6.07) is 9.92. The Labute approximate surface area is 259 Å². The summed E-state index contributed by atoms with van der Waals surface area (Å²) in [5.74, 6) is 1.13. The highest BCUT2D eigenvalue weighted by molar-refractivity contribution is 6.39. The summed E-state index contributed by atoms with van der Waals surface area (Å²) in [5, 5.41) is 17.8. The first-order chi connectivity index (χ1) is 20.7. The molecule has 2 aliphatic carbocycles. The smallest absolute Gasteiger partial charge is 0.335 e. The van der Waals surface area contributed by atoms with Gasteiger partial charge in [-0.25, -0.2) is 9.59 Å². The zero-order valence-corrected chi connectivity index (χ0v) is 25.4. The lowest BCUT2D eigenvalue weighted by atomic mass is 10.0. The van der Waals surface area contributed by atoms with E-state index in [0.717, 1.165) is 43.4 Å². The first-order valence-electron chi connectivity index (χ1n) is 14.9. The second kappa shape index (κ2) is 11.0. The van der Waals surface area contributed by atoms with Gasteiger partial charge in [-0.15, -0.1) is 0 Å². The fourth-order valence-electron chi connectivity index (χ4n) is 7.07. The largest absolute Gasteiger partial charge is 0.489 e. The number of benzene rings is 2. The first kappa shape index (κ1) is 28.5. The van der Waals surface area contributed by atoms with E-state index in [9.17, 15) is 14.7 Å². The molecule has 3 aromatic rings. The third-order valence-corrected chi connectivity index (χ3v) is 9.77. The summed E-state index contributed by atoms with van der Waals surface area (Å²) >= 11 is 13.1. The molecule has 43 heavy (non-hydrogen) atoms. The summed E-state index contributed by atoms with van der Waals surface area (Å²) in [6.07, 6.45) is 4.74. The van der Waals surface area contributed by atoms with Gasteiger partial charge in [-0.05, 0) is 82.2 Å². The zero-order valence-electron chi connectivity index (χ0n) is 23.9. The van der Waals surface area contributed by atoms with Crippen LogP contribution in [0.5, 0.6) is 5.75 Å². The SMILES string of the molecule is CC(C)Oc1cc(C(=O)O)ccc1NC(=O)N1C2CCC1C1C(C2)[C@@H]1OCc1c(-c2c(Cl)cccc2Cl)noc1C1CC1. The van der Waals surface area contributed by atoms with E-state index < -0.39 is 5.97 Å². The lowest BCUT2D eigenvalue weighted by molar-refractivity contribution is 0.0696. The number of aromatic nitrogens is 1. The first-order valence-corrected chi connectivity index (χ1v) is 15.6. The topological polar surface area (TPSA) is 114 Å². The van der Waals surface area contributed by atoms with Gasteiger partial charge in [0, 0.05) is 35.0 Å². The van der Waals surface area contributed by atoms with Gasteiger partial charge in [0.25, 0.3) is 0 Å². The Kier molecular flexibility index (Phi) is 7.30. The van der Waals surface area contributed by atoms with E-state index in [0.29, 0.717) is 51.2 Å². The van der Waals surface area contributed by atoms with E-state index >= 15 is 0 Å². The van der Waals surface area contributed by atoms with Crippen LogP contribution in [0.2, 0.25) is 10.0 Å². The third kappa shape index (κ3) is 5.25. The van der Waals surface area contributed by atoms with Crippen LogP contribution in [0.25, 0.3) is 11.3 Å².